The van der Waals surface area contributed by atoms with Crippen LogP contribution in [-0.2, 0) is 7.43 Å². The minimum absolute atomic E-state index is 0.356. The molecule has 0 aromatic carbocycles. The van der Waals surface area contributed by atoms with Gasteiger partial charge in [0.15, 0.2) is 0 Å². The molecule has 0 fully saturated rings. The third-order valence-electron chi connectivity index (χ3n) is 0.238. The molecule has 0 heterocycles. The molecular formula is H5O4PSn. The van der Waals surface area contributed by atoms with Gasteiger partial charge in [0.1, 0.15) is 0 Å². The van der Waals surface area contributed by atoms with Crippen LogP contribution in [-0.4, -0.2) is 32.7 Å². The number of rotatable bonds is 1. The van der Waals surface area contributed by atoms with Crippen LogP contribution in [0.15, 0.2) is 0 Å². The summed E-state index contributed by atoms with van der Waals surface area (Å²) in [5.74, 6) is 0. The fourth-order valence-electron chi connectivity index (χ4n) is 0. The van der Waals surface area contributed by atoms with Crippen LogP contribution in [0.1, 0.15) is 0 Å². The van der Waals surface area contributed by atoms with E-state index in [1.54, 1.807) is 0 Å². The summed E-state index contributed by atoms with van der Waals surface area (Å²) in [4.78, 5) is 15.5. The van der Waals surface area contributed by atoms with Crippen LogP contribution in [0.25, 0.3) is 0 Å². The zero-order valence-electron chi connectivity index (χ0n) is 3.16. The topological polar surface area (TPSA) is 66.8 Å². The van der Waals surface area contributed by atoms with E-state index >= 15 is 0 Å². The molecule has 0 amide bonds. The molecule has 0 spiro atoms. The van der Waals surface area contributed by atoms with Crippen molar-refractivity contribution in [1.29, 1.82) is 0 Å². The molecule has 0 aromatic heterocycles. The van der Waals surface area contributed by atoms with E-state index < -0.39 is 7.82 Å². The molecule has 0 aliphatic carbocycles. The number of hydrogen-bond donors (Lipinski definition) is 2. The Labute approximate surface area is 48.4 Å². The Bertz CT molecular complexity index is 71.6. The van der Waals surface area contributed by atoms with Gasteiger partial charge >= 0.3 is 48.0 Å². The number of phosphoric acid groups is 1. The summed E-state index contributed by atoms with van der Waals surface area (Å²) in [7, 11) is -4.05. The SMILES string of the molecule is O=P(O)(O)[O][SnH3]. The van der Waals surface area contributed by atoms with E-state index in [0.717, 1.165) is 0 Å². The van der Waals surface area contributed by atoms with Gasteiger partial charge in [0.25, 0.3) is 0 Å². The maximum absolute atomic E-state index is 9.52. The molecule has 0 aliphatic heterocycles. The van der Waals surface area contributed by atoms with Gasteiger partial charge in [-0.05, 0) is 0 Å². The first-order valence-corrected chi connectivity index (χ1v) is 5.03. The Morgan fingerprint density at radius 2 is 1.83 bits per heavy atom. The molecule has 0 unspecified atom stereocenters. The van der Waals surface area contributed by atoms with Crippen LogP contribution in [0.5, 0.6) is 0 Å². The van der Waals surface area contributed by atoms with Crippen molar-refractivity contribution in [2.45, 2.75) is 0 Å². The van der Waals surface area contributed by atoms with E-state index in [1.807, 2.05) is 0 Å². The molecule has 0 atom stereocenters. The van der Waals surface area contributed by atoms with Crippen molar-refractivity contribution in [2.24, 2.45) is 0 Å². The number of hydrogen-bond acceptors (Lipinski definition) is 2. The van der Waals surface area contributed by atoms with Gasteiger partial charge < -0.3 is 0 Å². The van der Waals surface area contributed by atoms with Gasteiger partial charge in [-0.2, -0.15) is 0 Å². The van der Waals surface area contributed by atoms with Crippen molar-refractivity contribution in [3.05, 3.63) is 0 Å². The zero-order valence-corrected chi connectivity index (χ0v) is 9.76. The van der Waals surface area contributed by atoms with E-state index in [0.29, 0.717) is 0 Å². The quantitative estimate of drug-likeness (QED) is 0.410. The average molecular weight is 219 g/mol. The molecule has 38 valence electrons. The van der Waals surface area contributed by atoms with Gasteiger partial charge in [0.05, 0.1) is 0 Å². The molecule has 6 heavy (non-hydrogen) atoms. The molecule has 0 radical (unpaired) electrons. The van der Waals surface area contributed by atoms with E-state index in [9.17, 15) is 4.57 Å². The molecule has 0 aliphatic rings. The molecule has 6 heteroatoms. The zero-order chi connectivity index (χ0) is 5.21. The second kappa shape index (κ2) is 2.28. The van der Waals surface area contributed by atoms with E-state index in [4.69, 9.17) is 9.79 Å². The van der Waals surface area contributed by atoms with Crippen molar-refractivity contribution >= 4 is 30.8 Å². The van der Waals surface area contributed by atoms with E-state index in [2.05, 4.69) is 2.86 Å². The van der Waals surface area contributed by atoms with Crippen LogP contribution in [0.2, 0.25) is 0 Å². The fourth-order valence-corrected chi connectivity index (χ4v) is 0. The first-order valence-electron chi connectivity index (χ1n) is 1.17. The van der Waals surface area contributed by atoms with Crippen molar-refractivity contribution in [3.63, 3.8) is 0 Å². The summed E-state index contributed by atoms with van der Waals surface area (Å²) in [6.07, 6.45) is 0. The minimum atomic E-state index is -4.05. The first-order chi connectivity index (χ1) is 2.56. The summed E-state index contributed by atoms with van der Waals surface area (Å²) in [6.45, 7) is 0. The van der Waals surface area contributed by atoms with Gasteiger partial charge in [-0.25, -0.2) is 0 Å². The molecular weight excluding hydrogens is 214 g/mol. The van der Waals surface area contributed by atoms with Crippen molar-refractivity contribution < 1.29 is 17.2 Å². The van der Waals surface area contributed by atoms with Crippen LogP contribution >= 0.6 is 7.82 Å². The second-order valence-electron chi connectivity index (χ2n) is 0.673. The van der Waals surface area contributed by atoms with Gasteiger partial charge in [0, 0.05) is 0 Å². The van der Waals surface area contributed by atoms with E-state index in [-0.39, 0.29) is 22.9 Å². The van der Waals surface area contributed by atoms with Gasteiger partial charge in [-0.3, -0.25) is 0 Å². The average Bonchev–Trinajstić information content (AvgIpc) is 1.35. The monoisotopic (exact) mass is 220 g/mol. The Kier molecular flexibility index (Phi) is 2.62. The Morgan fingerprint density at radius 1 is 1.67 bits per heavy atom. The van der Waals surface area contributed by atoms with Gasteiger partial charge in [-0.1, -0.05) is 0 Å². The Morgan fingerprint density at radius 3 is 1.83 bits per heavy atom. The summed E-state index contributed by atoms with van der Waals surface area (Å²) in [6, 6.07) is 0. The molecule has 0 aromatic rings. The predicted molar refractivity (Wildman–Crippen MR) is 23.1 cm³/mol. The van der Waals surface area contributed by atoms with Crippen molar-refractivity contribution in [1.82, 2.24) is 0 Å². The molecule has 2 N–H and O–H groups in total. The third-order valence-corrected chi connectivity index (χ3v) is 4.79. The second-order valence-corrected chi connectivity index (χ2v) is 5.15. The summed E-state index contributed by atoms with van der Waals surface area (Å²) >= 11 is -0.356. The van der Waals surface area contributed by atoms with Crippen molar-refractivity contribution in [3.8, 4) is 0 Å². The summed E-state index contributed by atoms with van der Waals surface area (Å²) in [5.41, 5.74) is 0. The van der Waals surface area contributed by atoms with Gasteiger partial charge in [0.2, 0.25) is 0 Å². The molecule has 0 bridgehead atoms. The predicted octanol–water partition coefficient (Wildman–Crippen LogP) is -1.62. The summed E-state index contributed by atoms with van der Waals surface area (Å²) in [5, 5.41) is 0. The third kappa shape index (κ3) is 4.91. The molecule has 0 saturated carbocycles. The van der Waals surface area contributed by atoms with Crippen LogP contribution in [0.3, 0.4) is 0 Å². The van der Waals surface area contributed by atoms with E-state index in [1.165, 1.54) is 0 Å². The molecule has 0 rings (SSSR count). The molecule has 0 saturated heterocycles. The van der Waals surface area contributed by atoms with Crippen LogP contribution < -0.4 is 0 Å². The Balaban J connectivity index is 3.48. The van der Waals surface area contributed by atoms with Crippen LogP contribution in [0, 0.1) is 0 Å². The normalized spacial score (nSPS) is 12.3. The molecule has 4 nitrogen and oxygen atoms in total. The first kappa shape index (κ1) is 6.91. The summed E-state index contributed by atoms with van der Waals surface area (Å²) < 4.78 is 13.3. The van der Waals surface area contributed by atoms with Crippen LogP contribution in [0.4, 0.5) is 0 Å². The van der Waals surface area contributed by atoms with Gasteiger partial charge in [-0.15, -0.1) is 0 Å². The maximum atomic E-state index is 9.52. The fraction of sp³-hybridized carbons (Fsp3) is 0. The Hall–Kier alpha value is 0.909. The van der Waals surface area contributed by atoms with Crippen molar-refractivity contribution in [2.75, 3.05) is 0 Å². The standard InChI is InChI=1S/H3O4P.Sn.3H/c1-5(2,3)4;;;;/h(H3,1,2,3,4);;;;/q;+1;;;/p-1.